The molecule has 158 valence electrons. The van der Waals surface area contributed by atoms with Crippen molar-refractivity contribution in [3.63, 3.8) is 0 Å². The van der Waals surface area contributed by atoms with E-state index in [1.165, 1.54) is 16.7 Å². The Morgan fingerprint density at radius 2 is 1.87 bits per heavy atom. The van der Waals surface area contributed by atoms with Crippen molar-refractivity contribution in [3.05, 3.63) is 88.2 Å². The molecule has 0 atom stereocenters. The van der Waals surface area contributed by atoms with Gasteiger partial charge in [-0.2, -0.15) is 0 Å². The first-order valence-corrected chi connectivity index (χ1v) is 11.1. The molecule has 2 aromatic carbocycles. The van der Waals surface area contributed by atoms with Crippen molar-refractivity contribution in [1.82, 2.24) is 4.90 Å². The molecule has 1 aromatic heterocycles. The van der Waals surface area contributed by atoms with Crippen LogP contribution < -0.4 is 9.47 Å². The highest BCUT2D eigenvalue weighted by Crippen LogP contribution is 2.36. The zero-order chi connectivity index (χ0) is 21.6. The fraction of sp³-hybridized carbons (Fsp3) is 0.130. The number of carbonyl (C=O) groups excluding carboxylic acids is 1. The van der Waals surface area contributed by atoms with Crippen LogP contribution in [0.3, 0.4) is 0 Å². The van der Waals surface area contributed by atoms with E-state index in [1.54, 1.807) is 36.6 Å². The quantitative estimate of drug-likeness (QED) is 0.235. The van der Waals surface area contributed by atoms with E-state index in [0.717, 1.165) is 5.75 Å². The summed E-state index contributed by atoms with van der Waals surface area (Å²) in [5.74, 6) is 1.88. The number of rotatable bonds is 8. The molecule has 4 rings (SSSR count). The van der Waals surface area contributed by atoms with Gasteiger partial charge in [0.2, 0.25) is 0 Å². The molecule has 0 saturated carbocycles. The van der Waals surface area contributed by atoms with E-state index in [2.05, 4.69) is 0 Å². The average Bonchev–Trinajstić information content (AvgIpc) is 3.37. The third kappa shape index (κ3) is 5.50. The number of nitrogens with zero attached hydrogens (tertiary/aromatic N) is 1. The van der Waals surface area contributed by atoms with Crippen LogP contribution in [-0.4, -0.2) is 28.3 Å². The SMILES string of the molecule is O=C1/C(=C/c2cc(Cl)ccc2OCCOc2ccccc2)SC(=S)N1Cc1ccco1. The second-order valence-electron chi connectivity index (χ2n) is 6.54. The summed E-state index contributed by atoms with van der Waals surface area (Å²) in [6, 6.07) is 18.4. The molecule has 1 aliphatic rings. The van der Waals surface area contributed by atoms with E-state index in [0.29, 0.717) is 51.1 Å². The van der Waals surface area contributed by atoms with Gasteiger partial charge in [0.15, 0.2) is 0 Å². The first-order chi connectivity index (χ1) is 15.1. The summed E-state index contributed by atoms with van der Waals surface area (Å²) in [5, 5.41) is 0.546. The van der Waals surface area contributed by atoms with Crippen molar-refractivity contribution in [2.75, 3.05) is 13.2 Å². The monoisotopic (exact) mass is 471 g/mol. The van der Waals surface area contributed by atoms with E-state index in [1.807, 2.05) is 36.4 Å². The number of para-hydroxylation sites is 1. The van der Waals surface area contributed by atoms with Gasteiger partial charge in [-0.3, -0.25) is 9.69 Å². The number of hydrogen-bond donors (Lipinski definition) is 0. The molecular formula is C23H18ClNO4S2. The van der Waals surface area contributed by atoms with E-state index >= 15 is 0 Å². The number of benzene rings is 2. The van der Waals surface area contributed by atoms with Crippen molar-refractivity contribution in [3.8, 4) is 11.5 Å². The second kappa shape index (κ2) is 10.0. The highest BCUT2D eigenvalue weighted by molar-refractivity contribution is 8.26. The van der Waals surface area contributed by atoms with Crippen LogP contribution >= 0.6 is 35.6 Å². The number of thiocarbonyl (C=S) groups is 1. The molecule has 2 heterocycles. The molecule has 0 N–H and O–H groups in total. The van der Waals surface area contributed by atoms with Gasteiger partial charge in [-0.15, -0.1) is 0 Å². The lowest BCUT2D eigenvalue weighted by Crippen LogP contribution is -2.27. The maximum Gasteiger partial charge on any atom is 0.266 e. The molecule has 31 heavy (non-hydrogen) atoms. The van der Waals surface area contributed by atoms with Gasteiger partial charge < -0.3 is 13.9 Å². The highest BCUT2D eigenvalue weighted by Gasteiger charge is 2.32. The third-order valence-electron chi connectivity index (χ3n) is 4.38. The molecule has 1 aliphatic heterocycles. The Kier molecular flexibility index (Phi) is 6.96. The third-order valence-corrected chi connectivity index (χ3v) is 5.99. The smallest absolute Gasteiger partial charge is 0.266 e. The van der Waals surface area contributed by atoms with Gasteiger partial charge in [0.1, 0.15) is 34.8 Å². The van der Waals surface area contributed by atoms with Crippen LogP contribution in [0.4, 0.5) is 0 Å². The minimum Gasteiger partial charge on any atom is -0.490 e. The maximum atomic E-state index is 12.9. The summed E-state index contributed by atoms with van der Waals surface area (Å²) in [7, 11) is 0. The Morgan fingerprint density at radius 3 is 2.65 bits per heavy atom. The zero-order valence-corrected chi connectivity index (χ0v) is 18.7. The van der Waals surface area contributed by atoms with Crippen LogP contribution in [0.15, 0.2) is 76.2 Å². The molecular weight excluding hydrogens is 454 g/mol. The Hall–Kier alpha value is -2.74. The van der Waals surface area contributed by atoms with Crippen LogP contribution in [0, 0.1) is 0 Å². The van der Waals surface area contributed by atoms with Crippen LogP contribution in [0.25, 0.3) is 6.08 Å². The van der Waals surface area contributed by atoms with E-state index in [-0.39, 0.29) is 5.91 Å². The van der Waals surface area contributed by atoms with Gasteiger partial charge in [-0.05, 0) is 48.5 Å². The molecule has 8 heteroatoms. The molecule has 0 bridgehead atoms. The molecule has 1 amide bonds. The lowest BCUT2D eigenvalue weighted by atomic mass is 10.2. The molecule has 0 unspecified atom stereocenters. The minimum atomic E-state index is -0.176. The second-order valence-corrected chi connectivity index (χ2v) is 8.65. The van der Waals surface area contributed by atoms with Gasteiger partial charge in [-0.25, -0.2) is 0 Å². The summed E-state index contributed by atoms with van der Waals surface area (Å²) >= 11 is 12.8. The average molecular weight is 472 g/mol. The molecule has 0 radical (unpaired) electrons. The van der Waals surface area contributed by atoms with E-state index in [4.69, 9.17) is 37.7 Å². The van der Waals surface area contributed by atoms with Gasteiger partial charge in [0.25, 0.3) is 5.91 Å². The van der Waals surface area contributed by atoms with Crippen LogP contribution in [0.5, 0.6) is 11.5 Å². The Bertz CT molecular complexity index is 1100. The number of carbonyl (C=O) groups is 1. The fourth-order valence-electron chi connectivity index (χ4n) is 2.93. The predicted octanol–water partition coefficient (Wildman–Crippen LogP) is 5.79. The summed E-state index contributed by atoms with van der Waals surface area (Å²) < 4.78 is 17.4. The number of hydrogen-bond acceptors (Lipinski definition) is 6. The van der Waals surface area contributed by atoms with Gasteiger partial charge in [0.05, 0.1) is 17.7 Å². The number of thioether (sulfide) groups is 1. The lowest BCUT2D eigenvalue weighted by Gasteiger charge is -2.12. The summed E-state index contributed by atoms with van der Waals surface area (Å²) in [4.78, 5) is 14.9. The van der Waals surface area contributed by atoms with E-state index < -0.39 is 0 Å². The largest absolute Gasteiger partial charge is 0.490 e. The number of furan rings is 1. The van der Waals surface area contributed by atoms with Crippen LogP contribution in [0.2, 0.25) is 5.02 Å². The molecule has 3 aromatic rings. The van der Waals surface area contributed by atoms with Gasteiger partial charge in [0, 0.05) is 10.6 Å². The standard InChI is InChI=1S/C23H18ClNO4S2/c24-17-8-9-20(29-12-11-28-18-5-2-1-3-6-18)16(13-17)14-21-22(26)25(23(30)31-21)15-19-7-4-10-27-19/h1-10,13-14H,11-12,15H2/b21-14-. The Balaban J connectivity index is 1.45. The molecule has 1 fully saturated rings. The van der Waals surface area contributed by atoms with Crippen LogP contribution in [0.1, 0.15) is 11.3 Å². The lowest BCUT2D eigenvalue weighted by molar-refractivity contribution is -0.122. The molecule has 1 saturated heterocycles. The van der Waals surface area contributed by atoms with Crippen molar-refractivity contribution in [2.24, 2.45) is 0 Å². The number of ether oxygens (including phenoxy) is 2. The molecule has 0 spiro atoms. The normalized spacial score (nSPS) is 15.0. The maximum absolute atomic E-state index is 12.9. The van der Waals surface area contributed by atoms with E-state index in [9.17, 15) is 4.79 Å². The topological polar surface area (TPSA) is 51.9 Å². The van der Waals surface area contributed by atoms with Crippen LogP contribution in [-0.2, 0) is 11.3 Å². The summed E-state index contributed by atoms with van der Waals surface area (Å²) in [5.41, 5.74) is 0.700. The first kappa shape index (κ1) is 21.5. The van der Waals surface area contributed by atoms with Crippen molar-refractivity contribution in [1.29, 1.82) is 0 Å². The summed E-state index contributed by atoms with van der Waals surface area (Å²) in [6.45, 7) is 1.03. The van der Waals surface area contributed by atoms with Crippen molar-refractivity contribution >= 4 is 51.9 Å². The number of halogens is 1. The van der Waals surface area contributed by atoms with Gasteiger partial charge >= 0.3 is 0 Å². The minimum absolute atomic E-state index is 0.176. The first-order valence-electron chi connectivity index (χ1n) is 9.48. The van der Waals surface area contributed by atoms with Gasteiger partial charge in [-0.1, -0.05) is 53.8 Å². The molecule has 0 aliphatic carbocycles. The predicted molar refractivity (Wildman–Crippen MR) is 126 cm³/mol. The summed E-state index contributed by atoms with van der Waals surface area (Å²) in [6.07, 6.45) is 3.32. The van der Waals surface area contributed by atoms with Crippen molar-refractivity contribution < 1.29 is 18.7 Å². The fourth-order valence-corrected chi connectivity index (χ4v) is 4.35. The molecule has 5 nitrogen and oxygen atoms in total. The Morgan fingerprint density at radius 1 is 1.06 bits per heavy atom. The zero-order valence-electron chi connectivity index (χ0n) is 16.3. The Labute approximate surface area is 194 Å². The number of amides is 1. The van der Waals surface area contributed by atoms with Crippen molar-refractivity contribution in [2.45, 2.75) is 6.54 Å². The highest BCUT2D eigenvalue weighted by atomic mass is 35.5.